The fourth-order valence-corrected chi connectivity index (χ4v) is 5.75. The van der Waals surface area contributed by atoms with Crippen LogP contribution in [0.4, 0.5) is 16.3 Å². The van der Waals surface area contributed by atoms with Crippen molar-refractivity contribution in [3.63, 3.8) is 0 Å². The first-order valence-corrected chi connectivity index (χ1v) is 14.4. The lowest BCUT2D eigenvalue weighted by atomic mass is 10.1. The summed E-state index contributed by atoms with van der Waals surface area (Å²) in [4.78, 5) is 55.5. The Morgan fingerprint density at radius 2 is 1.88 bits per heavy atom. The molecule has 3 aromatic rings. The van der Waals surface area contributed by atoms with Crippen molar-refractivity contribution in [3.05, 3.63) is 63.4 Å². The van der Waals surface area contributed by atoms with Crippen LogP contribution in [0.1, 0.15) is 40.5 Å². The Kier molecular flexibility index (Phi) is 8.28. The highest BCUT2D eigenvalue weighted by atomic mass is 16.6. The SMILES string of the molecule is CC#CCN1c2c(n(C)c(=O)n(-c3nccc(-c4ccccc4)n3)c2=O)N(C)C1N1CCC[C@@H](NC(=O)OC(C)(C)C)C1. The minimum atomic E-state index is -0.601. The van der Waals surface area contributed by atoms with Crippen LogP contribution < -0.4 is 26.4 Å². The minimum absolute atomic E-state index is 0.00183. The first-order chi connectivity index (χ1) is 20.5. The number of hydrogen-bond acceptors (Lipinski definition) is 9. The monoisotopic (exact) mass is 586 g/mol. The van der Waals surface area contributed by atoms with Crippen molar-refractivity contribution in [1.29, 1.82) is 0 Å². The van der Waals surface area contributed by atoms with Crippen LogP contribution in [0.5, 0.6) is 0 Å². The van der Waals surface area contributed by atoms with Gasteiger partial charge in [0.1, 0.15) is 17.1 Å². The van der Waals surface area contributed by atoms with Crippen molar-refractivity contribution in [1.82, 2.24) is 29.3 Å². The number of benzene rings is 1. The number of rotatable bonds is 5. The molecule has 2 aliphatic rings. The average Bonchev–Trinajstić information content (AvgIpc) is 3.26. The van der Waals surface area contributed by atoms with Crippen molar-refractivity contribution in [2.75, 3.05) is 36.5 Å². The van der Waals surface area contributed by atoms with Crippen molar-refractivity contribution in [3.8, 4) is 29.0 Å². The molecule has 1 N–H and O–H groups in total. The van der Waals surface area contributed by atoms with Crippen molar-refractivity contribution in [2.45, 2.75) is 58.5 Å². The Morgan fingerprint density at radius 1 is 1.14 bits per heavy atom. The van der Waals surface area contributed by atoms with E-state index in [4.69, 9.17) is 4.74 Å². The molecule has 0 spiro atoms. The molecule has 1 fully saturated rings. The highest BCUT2D eigenvalue weighted by Gasteiger charge is 2.43. The van der Waals surface area contributed by atoms with Crippen LogP contribution in [-0.2, 0) is 11.8 Å². The number of aromatic nitrogens is 4. The number of ether oxygens (including phenoxy) is 1. The number of nitrogens with zero attached hydrogens (tertiary/aromatic N) is 7. The molecular formula is C31H38N8O4. The molecule has 0 aliphatic carbocycles. The summed E-state index contributed by atoms with van der Waals surface area (Å²) in [7, 11) is 3.51. The lowest BCUT2D eigenvalue weighted by molar-refractivity contribution is 0.0456. The number of amides is 1. The summed E-state index contributed by atoms with van der Waals surface area (Å²) in [5.41, 5.74) is 0.114. The highest BCUT2D eigenvalue weighted by Crippen LogP contribution is 2.37. The van der Waals surface area contributed by atoms with Gasteiger partial charge in [0.2, 0.25) is 5.95 Å². The summed E-state index contributed by atoms with van der Waals surface area (Å²) in [5.74, 6) is 6.52. The minimum Gasteiger partial charge on any atom is -0.444 e. The van der Waals surface area contributed by atoms with Crippen LogP contribution >= 0.6 is 0 Å². The lowest BCUT2D eigenvalue weighted by Gasteiger charge is -2.42. The molecule has 12 nitrogen and oxygen atoms in total. The Morgan fingerprint density at radius 3 is 2.58 bits per heavy atom. The number of anilines is 2. The van der Waals surface area contributed by atoms with Gasteiger partial charge in [0.25, 0.3) is 5.56 Å². The van der Waals surface area contributed by atoms with Gasteiger partial charge in [-0.2, -0.15) is 4.57 Å². The molecule has 5 rings (SSSR count). The van der Waals surface area contributed by atoms with E-state index in [1.54, 1.807) is 26.2 Å². The van der Waals surface area contributed by atoms with Gasteiger partial charge in [-0.05, 0) is 46.6 Å². The normalized spacial score (nSPS) is 18.6. The van der Waals surface area contributed by atoms with Gasteiger partial charge in [-0.25, -0.2) is 19.6 Å². The number of hydrogen-bond donors (Lipinski definition) is 1. The van der Waals surface area contributed by atoms with E-state index in [0.29, 0.717) is 23.7 Å². The van der Waals surface area contributed by atoms with Gasteiger partial charge in [-0.3, -0.25) is 14.3 Å². The number of piperidine rings is 1. The second kappa shape index (κ2) is 11.9. The molecule has 2 aromatic heterocycles. The molecule has 12 heteroatoms. The molecule has 43 heavy (non-hydrogen) atoms. The fourth-order valence-electron chi connectivity index (χ4n) is 5.75. The van der Waals surface area contributed by atoms with Crippen LogP contribution in [0.3, 0.4) is 0 Å². The molecule has 0 bridgehead atoms. The van der Waals surface area contributed by atoms with Crippen LogP contribution in [-0.4, -0.2) is 74.7 Å². The maximum absolute atomic E-state index is 14.2. The zero-order chi connectivity index (χ0) is 30.9. The second-order valence-corrected chi connectivity index (χ2v) is 11.8. The van der Waals surface area contributed by atoms with Crippen LogP contribution in [0.2, 0.25) is 0 Å². The topological polar surface area (TPSA) is 118 Å². The third kappa shape index (κ3) is 5.99. The van der Waals surface area contributed by atoms with E-state index in [1.165, 1.54) is 4.57 Å². The van der Waals surface area contributed by atoms with E-state index in [-0.39, 0.29) is 18.5 Å². The van der Waals surface area contributed by atoms with Gasteiger partial charge >= 0.3 is 11.8 Å². The summed E-state index contributed by atoms with van der Waals surface area (Å²) in [5, 5.41) is 3.00. The van der Waals surface area contributed by atoms with Gasteiger partial charge in [-0.1, -0.05) is 36.3 Å². The van der Waals surface area contributed by atoms with E-state index in [1.807, 2.05) is 68.0 Å². The van der Waals surface area contributed by atoms with Crippen molar-refractivity contribution in [2.24, 2.45) is 7.05 Å². The molecule has 226 valence electrons. The molecule has 1 aromatic carbocycles. The Balaban J connectivity index is 1.54. The number of fused-ring (bicyclic) bond motifs is 1. The number of carbonyl (C=O) groups excluding carboxylic acids is 1. The van der Waals surface area contributed by atoms with E-state index in [0.717, 1.165) is 29.5 Å². The maximum atomic E-state index is 14.2. The summed E-state index contributed by atoms with van der Waals surface area (Å²) in [6, 6.07) is 11.1. The maximum Gasteiger partial charge on any atom is 0.407 e. The van der Waals surface area contributed by atoms with Gasteiger partial charge in [-0.15, -0.1) is 5.92 Å². The van der Waals surface area contributed by atoms with Crippen molar-refractivity contribution >= 4 is 17.6 Å². The Bertz CT molecular complexity index is 1680. The number of carbonyl (C=O) groups is 1. The fraction of sp³-hybridized carbons (Fsp3) is 0.452. The van der Waals surface area contributed by atoms with Crippen molar-refractivity contribution < 1.29 is 9.53 Å². The van der Waals surface area contributed by atoms with Crippen LogP contribution in [0, 0.1) is 11.8 Å². The Labute approximate surface area is 250 Å². The zero-order valence-electron chi connectivity index (χ0n) is 25.5. The number of nitrogens with one attached hydrogen (secondary N) is 1. The second-order valence-electron chi connectivity index (χ2n) is 11.8. The highest BCUT2D eigenvalue weighted by molar-refractivity contribution is 5.74. The van der Waals surface area contributed by atoms with Crippen LogP contribution in [0.15, 0.2) is 52.2 Å². The molecule has 1 amide bonds. The third-order valence-electron chi connectivity index (χ3n) is 7.50. The molecule has 2 atom stereocenters. The largest absolute Gasteiger partial charge is 0.444 e. The molecular weight excluding hydrogens is 548 g/mol. The smallest absolute Gasteiger partial charge is 0.407 e. The third-order valence-corrected chi connectivity index (χ3v) is 7.50. The predicted octanol–water partition coefficient (Wildman–Crippen LogP) is 2.55. The molecule has 1 unspecified atom stereocenters. The summed E-state index contributed by atoms with van der Waals surface area (Å²) < 4.78 is 7.97. The lowest BCUT2D eigenvalue weighted by Crippen LogP contribution is -2.60. The average molecular weight is 587 g/mol. The van der Waals surface area contributed by atoms with Gasteiger partial charge < -0.3 is 19.9 Å². The summed E-state index contributed by atoms with van der Waals surface area (Å²) in [6.45, 7) is 8.76. The summed E-state index contributed by atoms with van der Waals surface area (Å²) in [6.07, 6.45) is 2.31. The molecule has 4 heterocycles. The molecule has 0 radical (unpaired) electrons. The van der Waals surface area contributed by atoms with E-state index < -0.39 is 29.2 Å². The first kappa shape index (κ1) is 29.8. The van der Waals surface area contributed by atoms with Gasteiger partial charge in [0.05, 0.1) is 12.2 Å². The summed E-state index contributed by atoms with van der Waals surface area (Å²) >= 11 is 0. The quantitative estimate of drug-likeness (QED) is 0.450. The number of alkyl carbamates (subject to hydrolysis) is 1. The zero-order valence-corrected chi connectivity index (χ0v) is 25.5. The van der Waals surface area contributed by atoms with Gasteiger partial charge in [0, 0.05) is 45.0 Å². The molecule has 2 aliphatic heterocycles. The molecule has 0 saturated carbocycles. The van der Waals surface area contributed by atoms with E-state index in [9.17, 15) is 14.4 Å². The standard InChI is InChI=1S/C31H38N8O4/c1-7-8-19-38-24-25(35(5)29(38)37-18-12-15-22(20-37)33-28(41)43-31(2,3)4)36(6)30(42)39(26(24)40)27-32-17-16-23(34-27)21-13-10-9-11-14-21/h9-11,13-14,16-17,22,29H,12,15,18-20H2,1-6H3,(H,33,41)/t22-,29?/m1/s1. The van der Waals surface area contributed by atoms with Crippen LogP contribution in [0.25, 0.3) is 17.2 Å². The Hall–Kier alpha value is -4.63. The van der Waals surface area contributed by atoms with Gasteiger partial charge in [0.15, 0.2) is 6.29 Å². The number of likely N-dealkylation sites (tertiary alicyclic amines) is 1. The van der Waals surface area contributed by atoms with E-state index >= 15 is 0 Å². The predicted molar refractivity (Wildman–Crippen MR) is 165 cm³/mol. The van der Waals surface area contributed by atoms with E-state index in [2.05, 4.69) is 32.0 Å². The molecule has 1 saturated heterocycles. The first-order valence-electron chi connectivity index (χ1n) is 14.4.